The summed E-state index contributed by atoms with van der Waals surface area (Å²) in [7, 11) is 3.99. The predicted molar refractivity (Wildman–Crippen MR) is 84.9 cm³/mol. The lowest BCUT2D eigenvalue weighted by Gasteiger charge is -2.11. The van der Waals surface area contributed by atoms with Gasteiger partial charge in [-0.1, -0.05) is 12.1 Å². The van der Waals surface area contributed by atoms with Gasteiger partial charge in [0.15, 0.2) is 0 Å². The second-order valence-electron chi connectivity index (χ2n) is 5.19. The average molecular weight is 280 g/mol. The Hall–Kier alpha value is -2.75. The molecule has 1 aliphatic rings. The van der Waals surface area contributed by atoms with E-state index in [1.807, 2.05) is 55.4 Å². The number of nitrogens with zero attached hydrogens (tertiary/aromatic N) is 1. The minimum Gasteiger partial charge on any atom is -0.422 e. The van der Waals surface area contributed by atoms with Gasteiger partial charge in [0.1, 0.15) is 5.76 Å². The van der Waals surface area contributed by atoms with E-state index in [1.54, 1.807) is 12.1 Å². The molecule has 0 saturated heterocycles. The van der Waals surface area contributed by atoms with E-state index in [9.17, 15) is 4.79 Å². The molecular formula is C17H16N2O2. The van der Waals surface area contributed by atoms with Crippen LogP contribution in [0.1, 0.15) is 21.5 Å². The van der Waals surface area contributed by atoms with Crippen molar-refractivity contribution < 1.29 is 9.53 Å². The van der Waals surface area contributed by atoms with E-state index in [4.69, 9.17) is 10.5 Å². The quantitative estimate of drug-likeness (QED) is 0.678. The van der Waals surface area contributed by atoms with Crippen molar-refractivity contribution in [3.05, 3.63) is 59.2 Å². The molecule has 0 fully saturated rings. The van der Waals surface area contributed by atoms with Gasteiger partial charge in [-0.05, 0) is 42.0 Å². The molecule has 0 bridgehead atoms. The minimum atomic E-state index is -0.353. The van der Waals surface area contributed by atoms with E-state index >= 15 is 0 Å². The third-order valence-corrected chi connectivity index (χ3v) is 3.44. The van der Waals surface area contributed by atoms with Crippen molar-refractivity contribution in [2.75, 3.05) is 24.7 Å². The Kier molecular flexibility index (Phi) is 3.14. The van der Waals surface area contributed by atoms with Gasteiger partial charge in [0.2, 0.25) is 0 Å². The zero-order valence-electron chi connectivity index (χ0n) is 12.0. The van der Waals surface area contributed by atoms with Crippen LogP contribution in [0.3, 0.4) is 0 Å². The van der Waals surface area contributed by atoms with Crippen molar-refractivity contribution >= 4 is 29.2 Å². The Bertz CT molecular complexity index is 731. The zero-order chi connectivity index (χ0) is 15.0. The van der Waals surface area contributed by atoms with Crippen LogP contribution >= 0.6 is 0 Å². The number of carbonyl (C=O) groups is 1. The monoisotopic (exact) mass is 280 g/mol. The molecule has 2 aromatic carbocycles. The van der Waals surface area contributed by atoms with Crippen LogP contribution in [0, 0.1) is 0 Å². The second-order valence-corrected chi connectivity index (χ2v) is 5.19. The molecule has 4 nitrogen and oxygen atoms in total. The molecule has 0 aliphatic carbocycles. The van der Waals surface area contributed by atoms with E-state index in [1.165, 1.54) is 0 Å². The Balaban J connectivity index is 1.97. The highest BCUT2D eigenvalue weighted by molar-refractivity contribution is 6.06. The van der Waals surface area contributed by atoms with Gasteiger partial charge in [0, 0.05) is 31.0 Å². The summed E-state index contributed by atoms with van der Waals surface area (Å²) in [5.41, 5.74) is 9.66. The van der Waals surface area contributed by atoms with E-state index in [0.29, 0.717) is 17.0 Å². The highest BCUT2D eigenvalue weighted by atomic mass is 16.5. The number of hydrogen-bond donors (Lipinski definition) is 1. The number of esters is 1. The molecule has 3 rings (SSSR count). The van der Waals surface area contributed by atoms with Crippen LogP contribution in [0.15, 0.2) is 42.5 Å². The van der Waals surface area contributed by atoms with Gasteiger partial charge < -0.3 is 15.4 Å². The molecule has 2 aromatic rings. The third-order valence-electron chi connectivity index (χ3n) is 3.44. The molecule has 0 spiro atoms. The number of nitrogen functional groups attached to an aromatic ring is 1. The summed E-state index contributed by atoms with van der Waals surface area (Å²) >= 11 is 0. The van der Waals surface area contributed by atoms with Crippen molar-refractivity contribution in [3.63, 3.8) is 0 Å². The van der Waals surface area contributed by atoms with Gasteiger partial charge >= 0.3 is 5.97 Å². The topological polar surface area (TPSA) is 55.6 Å². The number of cyclic esters (lactones) is 1. The van der Waals surface area contributed by atoms with Crippen LogP contribution in [0.25, 0.3) is 11.8 Å². The number of fused-ring (bicyclic) bond motifs is 1. The fourth-order valence-corrected chi connectivity index (χ4v) is 2.28. The maximum atomic E-state index is 11.8. The van der Waals surface area contributed by atoms with Gasteiger partial charge in [-0.15, -0.1) is 0 Å². The molecular weight excluding hydrogens is 264 g/mol. The van der Waals surface area contributed by atoms with E-state index in [-0.39, 0.29) is 5.97 Å². The lowest BCUT2D eigenvalue weighted by atomic mass is 10.1. The molecule has 0 radical (unpaired) electrons. The highest BCUT2D eigenvalue weighted by Gasteiger charge is 2.26. The molecule has 0 saturated carbocycles. The normalized spacial score (nSPS) is 15.0. The second kappa shape index (κ2) is 4.98. The molecule has 0 atom stereocenters. The summed E-state index contributed by atoms with van der Waals surface area (Å²) < 4.78 is 5.32. The summed E-state index contributed by atoms with van der Waals surface area (Å²) in [6.45, 7) is 0. The number of hydrogen-bond acceptors (Lipinski definition) is 4. The molecule has 21 heavy (non-hydrogen) atoms. The van der Waals surface area contributed by atoms with Gasteiger partial charge in [0.05, 0.1) is 5.56 Å². The predicted octanol–water partition coefficient (Wildman–Crippen LogP) is 3.00. The first-order valence-corrected chi connectivity index (χ1v) is 6.66. The summed E-state index contributed by atoms with van der Waals surface area (Å²) in [6.07, 6.45) is 1.86. The van der Waals surface area contributed by atoms with E-state index in [0.717, 1.165) is 16.8 Å². The van der Waals surface area contributed by atoms with Crippen LogP contribution in [0.5, 0.6) is 0 Å². The minimum absolute atomic E-state index is 0.353. The summed E-state index contributed by atoms with van der Waals surface area (Å²) in [5, 5.41) is 0. The van der Waals surface area contributed by atoms with Crippen LogP contribution in [-0.2, 0) is 4.74 Å². The number of carbonyl (C=O) groups excluding carboxylic acids is 1. The molecule has 1 aliphatic heterocycles. The molecule has 0 unspecified atom stereocenters. The van der Waals surface area contributed by atoms with Gasteiger partial charge in [0.25, 0.3) is 0 Å². The van der Waals surface area contributed by atoms with Crippen LogP contribution < -0.4 is 10.6 Å². The lowest BCUT2D eigenvalue weighted by molar-refractivity contribution is 0.0717. The van der Waals surface area contributed by atoms with Crippen molar-refractivity contribution in [1.29, 1.82) is 0 Å². The number of nitrogens with two attached hydrogens (primary N) is 1. The fourth-order valence-electron chi connectivity index (χ4n) is 2.28. The number of benzene rings is 2. The Labute approximate surface area is 123 Å². The largest absolute Gasteiger partial charge is 0.422 e. The third kappa shape index (κ3) is 2.48. The Morgan fingerprint density at radius 2 is 1.76 bits per heavy atom. The Morgan fingerprint density at radius 1 is 1.05 bits per heavy atom. The Morgan fingerprint density at radius 3 is 2.43 bits per heavy atom. The molecule has 2 N–H and O–H groups in total. The first kappa shape index (κ1) is 13.2. The number of rotatable bonds is 2. The standard InChI is InChI=1S/C17H16N2O2/c1-19(2)13-6-3-11(4-7-13)9-16-14-8-5-12(18)10-15(14)17(20)21-16/h3-10H,18H2,1-2H3/b16-9-. The molecule has 4 heteroatoms. The van der Waals surface area contributed by atoms with Crippen LogP contribution in [-0.4, -0.2) is 20.1 Å². The number of ether oxygens (including phenoxy) is 1. The van der Waals surface area contributed by atoms with Crippen molar-refractivity contribution in [3.8, 4) is 0 Å². The first-order valence-electron chi connectivity index (χ1n) is 6.66. The zero-order valence-corrected chi connectivity index (χ0v) is 12.0. The van der Waals surface area contributed by atoms with E-state index in [2.05, 4.69) is 0 Å². The first-order chi connectivity index (χ1) is 10.0. The maximum Gasteiger partial charge on any atom is 0.344 e. The van der Waals surface area contributed by atoms with Crippen molar-refractivity contribution in [2.24, 2.45) is 0 Å². The lowest BCUT2D eigenvalue weighted by Crippen LogP contribution is -2.07. The van der Waals surface area contributed by atoms with Gasteiger partial charge in [-0.3, -0.25) is 0 Å². The average Bonchev–Trinajstić information content (AvgIpc) is 2.75. The number of anilines is 2. The molecule has 0 amide bonds. The van der Waals surface area contributed by atoms with Crippen LogP contribution in [0.4, 0.5) is 11.4 Å². The maximum absolute atomic E-state index is 11.8. The van der Waals surface area contributed by atoms with Gasteiger partial charge in [-0.2, -0.15) is 0 Å². The summed E-state index contributed by atoms with van der Waals surface area (Å²) in [6, 6.07) is 13.3. The summed E-state index contributed by atoms with van der Waals surface area (Å²) in [5.74, 6) is 0.209. The van der Waals surface area contributed by atoms with Gasteiger partial charge in [-0.25, -0.2) is 4.79 Å². The smallest absolute Gasteiger partial charge is 0.344 e. The van der Waals surface area contributed by atoms with Crippen molar-refractivity contribution in [2.45, 2.75) is 0 Å². The van der Waals surface area contributed by atoms with E-state index < -0.39 is 0 Å². The summed E-state index contributed by atoms with van der Waals surface area (Å²) in [4.78, 5) is 13.9. The highest BCUT2D eigenvalue weighted by Crippen LogP contribution is 2.32. The fraction of sp³-hybridized carbons (Fsp3) is 0.118. The molecule has 1 heterocycles. The SMILES string of the molecule is CN(C)c1ccc(/C=C2\OC(=O)c3cc(N)ccc32)cc1. The van der Waals surface area contributed by atoms with Crippen LogP contribution in [0.2, 0.25) is 0 Å². The molecule has 0 aromatic heterocycles. The molecule has 106 valence electrons. The van der Waals surface area contributed by atoms with Crippen molar-refractivity contribution in [1.82, 2.24) is 0 Å².